The summed E-state index contributed by atoms with van der Waals surface area (Å²) in [4.78, 5) is 26.2. The SMILES string of the molecule is COCO[C@@H]1C[C@H](n2cc(I)c3c(=O)[nH]c(/N=C\N(C)C)nc32)O[C@@H]1CO[Si](C)(C)C(C)(C)C. The highest BCUT2D eigenvalue weighted by atomic mass is 127. The zero-order valence-electron chi connectivity index (χ0n) is 21.2. The Morgan fingerprint density at radius 3 is 2.74 bits per heavy atom. The summed E-state index contributed by atoms with van der Waals surface area (Å²) in [7, 11) is 3.34. The third-order valence-corrected chi connectivity index (χ3v) is 11.7. The van der Waals surface area contributed by atoms with E-state index < -0.39 is 8.32 Å². The number of nitrogens with one attached hydrogen (secondary N) is 1. The molecule has 12 heteroatoms. The number of nitrogens with zero attached hydrogens (tertiary/aromatic N) is 4. The predicted octanol–water partition coefficient (Wildman–Crippen LogP) is 3.85. The smallest absolute Gasteiger partial charge is 0.262 e. The van der Waals surface area contributed by atoms with E-state index in [9.17, 15) is 4.79 Å². The first-order valence-corrected chi connectivity index (χ1v) is 15.2. The lowest BCUT2D eigenvalue weighted by Gasteiger charge is -2.37. The van der Waals surface area contributed by atoms with Crippen molar-refractivity contribution in [2.24, 2.45) is 4.99 Å². The van der Waals surface area contributed by atoms with Crippen molar-refractivity contribution < 1.29 is 18.6 Å². The zero-order chi connectivity index (χ0) is 25.3. The van der Waals surface area contributed by atoms with Crippen LogP contribution in [0.15, 0.2) is 16.0 Å². The van der Waals surface area contributed by atoms with Crippen molar-refractivity contribution in [2.45, 2.75) is 63.8 Å². The molecule has 0 aliphatic carbocycles. The van der Waals surface area contributed by atoms with Crippen molar-refractivity contribution in [3.8, 4) is 0 Å². The van der Waals surface area contributed by atoms with Crippen molar-refractivity contribution in [1.82, 2.24) is 19.4 Å². The highest BCUT2D eigenvalue weighted by molar-refractivity contribution is 14.1. The fraction of sp³-hybridized carbons (Fsp3) is 0.682. The Bertz CT molecular complexity index is 1080. The number of halogens is 1. The van der Waals surface area contributed by atoms with Crippen LogP contribution in [0.2, 0.25) is 18.1 Å². The first-order chi connectivity index (χ1) is 15.8. The minimum Gasteiger partial charge on any atom is -0.414 e. The normalized spacial score (nSPS) is 21.7. The van der Waals surface area contributed by atoms with Gasteiger partial charge in [-0.15, -0.1) is 0 Å². The molecule has 34 heavy (non-hydrogen) atoms. The molecule has 0 saturated carbocycles. The number of fused-ring (bicyclic) bond motifs is 1. The molecule has 1 aliphatic rings. The number of ether oxygens (including phenoxy) is 3. The van der Waals surface area contributed by atoms with Gasteiger partial charge in [-0.2, -0.15) is 4.98 Å². The van der Waals surface area contributed by atoms with Gasteiger partial charge in [0, 0.05) is 37.4 Å². The Hall–Kier alpha value is -1.32. The molecule has 1 fully saturated rings. The molecule has 0 bridgehead atoms. The summed E-state index contributed by atoms with van der Waals surface area (Å²) in [5, 5.41) is 0.609. The van der Waals surface area contributed by atoms with E-state index in [1.54, 1.807) is 18.3 Å². The largest absolute Gasteiger partial charge is 0.414 e. The van der Waals surface area contributed by atoms with Crippen LogP contribution in [0.1, 0.15) is 33.4 Å². The minimum atomic E-state index is -1.96. The van der Waals surface area contributed by atoms with Crippen molar-refractivity contribution in [2.75, 3.05) is 34.6 Å². The fourth-order valence-corrected chi connectivity index (χ4v) is 5.21. The van der Waals surface area contributed by atoms with Gasteiger partial charge in [-0.3, -0.25) is 9.78 Å². The number of aromatic amines is 1. The first kappa shape index (κ1) is 27.3. The molecule has 190 valence electrons. The Morgan fingerprint density at radius 2 is 2.12 bits per heavy atom. The predicted molar refractivity (Wildman–Crippen MR) is 143 cm³/mol. The third-order valence-electron chi connectivity index (χ3n) is 6.34. The van der Waals surface area contributed by atoms with Crippen LogP contribution in [0.5, 0.6) is 0 Å². The summed E-state index contributed by atoms with van der Waals surface area (Å²) in [6.07, 6.45) is 3.23. The number of hydrogen-bond donors (Lipinski definition) is 1. The molecule has 2 aromatic heterocycles. The lowest BCUT2D eigenvalue weighted by Crippen LogP contribution is -2.44. The van der Waals surface area contributed by atoms with Crippen LogP contribution < -0.4 is 5.56 Å². The van der Waals surface area contributed by atoms with Gasteiger partial charge in [0.15, 0.2) is 14.0 Å². The van der Waals surface area contributed by atoms with Gasteiger partial charge in [0.1, 0.15) is 19.1 Å². The van der Waals surface area contributed by atoms with Crippen molar-refractivity contribution in [3.63, 3.8) is 0 Å². The summed E-state index contributed by atoms with van der Waals surface area (Å²) in [6.45, 7) is 11.7. The van der Waals surface area contributed by atoms with E-state index in [0.717, 1.165) is 3.57 Å². The number of rotatable bonds is 9. The topological polar surface area (TPSA) is 103 Å². The Labute approximate surface area is 215 Å². The molecule has 3 atom stereocenters. The lowest BCUT2D eigenvalue weighted by molar-refractivity contribution is -0.106. The standard InChI is InChI=1S/C22H36IN5O5Si/c1-22(2,3)34(7,8)32-11-16-15(31-13-30-6)9-17(33-16)28-10-14(23)18-19(28)25-21(26-20(18)29)24-12-27(4)5/h10,12,15-17H,9,11,13H2,1-8H3,(H,25,26,29)/b24-12-/t15-,16-,17-/m1/s1. The summed E-state index contributed by atoms with van der Waals surface area (Å²) in [5.74, 6) is 0.241. The van der Waals surface area contributed by atoms with Crippen LogP contribution in [0.4, 0.5) is 5.95 Å². The van der Waals surface area contributed by atoms with Gasteiger partial charge < -0.3 is 28.1 Å². The van der Waals surface area contributed by atoms with Gasteiger partial charge in [-0.25, -0.2) is 4.99 Å². The molecule has 0 spiro atoms. The van der Waals surface area contributed by atoms with Crippen molar-refractivity contribution in [3.05, 3.63) is 20.1 Å². The van der Waals surface area contributed by atoms with Crippen LogP contribution in [0, 0.1) is 3.57 Å². The molecule has 0 aromatic carbocycles. The molecule has 1 aliphatic heterocycles. The van der Waals surface area contributed by atoms with Crippen molar-refractivity contribution in [1.29, 1.82) is 0 Å². The Morgan fingerprint density at radius 1 is 1.41 bits per heavy atom. The van der Waals surface area contributed by atoms with Gasteiger partial charge in [0.2, 0.25) is 5.95 Å². The lowest BCUT2D eigenvalue weighted by atomic mass is 10.2. The maximum absolute atomic E-state index is 12.8. The van der Waals surface area contributed by atoms with Gasteiger partial charge >= 0.3 is 0 Å². The number of hydrogen-bond acceptors (Lipinski definition) is 7. The molecule has 3 rings (SSSR count). The van der Waals surface area contributed by atoms with Crippen LogP contribution in [-0.2, 0) is 18.6 Å². The maximum atomic E-state index is 12.8. The zero-order valence-corrected chi connectivity index (χ0v) is 24.4. The van der Waals surface area contributed by atoms with E-state index in [2.05, 4.69) is 71.4 Å². The van der Waals surface area contributed by atoms with Crippen LogP contribution in [0.25, 0.3) is 11.0 Å². The fourth-order valence-electron chi connectivity index (χ4n) is 3.41. The monoisotopic (exact) mass is 605 g/mol. The molecule has 0 amide bonds. The number of H-pyrrole nitrogens is 1. The van der Waals surface area contributed by atoms with Crippen molar-refractivity contribution >= 4 is 54.2 Å². The highest BCUT2D eigenvalue weighted by Crippen LogP contribution is 2.39. The average Bonchev–Trinajstić information content (AvgIpc) is 3.29. The quantitative estimate of drug-likeness (QED) is 0.152. The summed E-state index contributed by atoms with van der Waals surface area (Å²) < 4.78 is 26.7. The van der Waals surface area contributed by atoms with Gasteiger partial charge in [0.05, 0.1) is 24.4 Å². The van der Waals surface area contributed by atoms with Crippen LogP contribution >= 0.6 is 22.6 Å². The van der Waals surface area contributed by atoms with E-state index in [-0.39, 0.29) is 41.8 Å². The molecule has 1 saturated heterocycles. The highest BCUT2D eigenvalue weighted by Gasteiger charge is 2.42. The number of aromatic nitrogens is 3. The van der Waals surface area contributed by atoms with Gasteiger partial charge in [-0.1, -0.05) is 20.8 Å². The van der Waals surface area contributed by atoms with Crippen LogP contribution in [0.3, 0.4) is 0 Å². The van der Waals surface area contributed by atoms with E-state index >= 15 is 0 Å². The summed E-state index contributed by atoms with van der Waals surface area (Å²) in [5.41, 5.74) is 0.294. The summed E-state index contributed by atoms with van der Waals surface area (Å²) in [6, 6.07) is 0. The van der Waals surface area contributed by atoms with E-state index in [0.29, 0.717) is 24.1 Å². The van der Waals surface area contributed by atoms with E-state index in [4.69, 9.17) is 18.6 Å². The molecule has 0 radical (unpaired) electrons. The molecular formula is C22H36IN5O5Si. The Balaban J connectivity index is 1.91. The molecule has 1 N–H and O–H groups in total. The van der Waals surface area contributed by atoms with Crippen LogP contribution in [-0.4, -0.2) is 80.9 Å². The molecule has 0 unspecified atom stereocenters. The molecule has 2 aromatic rings. The average molecular weight is 606 g/mol. The second kappa shape index (κ2) is 10.7. The molecular weight excluding hydrogens is 569 g/mol. The van der Waals surface area contributed by atoms with E-state index in [1.807, 2.05) is 24.9 Å². The third kappa shape index (κ3) is 6.08. The number of methoxy groups -OCH3 is 1. The first-order valence-electron chi connectivity index (χ1n) is 11.2. The second-order valence-corrected chi connectivity index (χ2v) is 16.2. The molecule has 10 nitrogen and oxygen atoms in total. The van der Waals surface area contributed by atoms with Gasteiger partial charge in [-0.05, 0) is 40.7 Å². The van der Waals surface area contributed by atoms with E-state index in [1.165, 1.54) is 0 Å². The summed E-state index contributed by atoms with van der Waals surface area (Å²) >= 11 is 2.15. The van der Waals surface area contributed by atoms with Gasteiger partial charge in [0.25, 0.3) is 5.56 Å². The minimum absolute atomic E-state index is 0.0923. The Kier molecular flexibility index (Phi) is 8.62. The maximum Gasteiger partial charge on any atom is 0.262 e. The second-order valence-electron chi connectivity index (χ2n) is 10.2. The molecule has 3 heterocycles. The number of aliphatic imine (C=N–C) groups is 1.